The largest absolute Gasteiger partial charge is 0.340 e. The van der Waals surface area contributed by atoms with E-state index in [1.807, 2.05) is 0 Å². The number of nitrogens with zero attached hydrogens (tertiary/aromatic N) is 4. The van der Waals surface area contributed by atoms with Crippen molar-refractivity contribution in [2.45, 2.75) is 49.8 Å². The molecule has 4 rings (SSSR count). The Morgan fingerprint density at radius 2 is 1.67 bits per heavy atom. The second kappa shape index (κ2) is 9.13. The number of aromatic amines is 1. The monoisotopic (exact) mass is 432 g/mol. The molecule has 3 heterocycles. The summed E-state index contributed by atoms with van der Waals surface area (Å²) >= 11 is 0. The number of anilines is 2. The van der Waals surface area contributed by atoms with Gasteiger partial charge in [0, 0.05) is 32.6 Å². The van der Waals surface area contributed by atoms with Crippen LogP contribution in [-0.4, -0.2) is 60.0 Å². The molecule has 0 spiro atoms. The quantitative estimate of drug-likeness (QED) is 0.693. The van der Waals surface area contributed by atoms with Gasteiger partial charge in [-0.05, 0) is 56.2 Å². The highest BCUT2D eigenvalue weighted by molar-refractivity contribution is 7.89. The Hall–Kier alpha value is -2.46. The predicted octanol–water partition coefficient (Wildman–Crippen LogP) is 2.15. The van der Waals surface area contributed by atoms with E-state index in [0.29, 0.717) is 36.3 Å². The Labute approximate surface area is 176 Å². The van der Waals surface area contributed by atoms with Crippen LogP contribution in [-0.2, 0) is 21.2 Å². The molecule has 2 aromatic rings. The van der Waals surface area contributed by atoms with Crippen molar-refractivity contribution in [3.05, 3.63) is 29.8 Å². The molecule has 2 saturated heterocycles. The van der Waals surface area contributed by atoms with E-state index in [9.17, 15) is 13.2 Å². The average molecular weight is 433 g/mol. The fourth-order valence-corrected chi connectivity index (χ4v) is 5.42. The van der Waals surface area contributed by atoms with Crippen LogP contribution in [0.25, 0.3) is 0 Å². The van der Waals surface area contributed by atoms with E-state index in [-0.39, 0.29) is 12.3 Å². The molecule has 0 saturated carbocycles. The normalized spacial score (nSPS) is 17.9. The van der Waals surface area contributed by atoms with Crippen LogP contribution in [0.3, 0.4) is 0 Å². The average Bonchev–Trinajstić information content (AvgIpc) is 3.46. The van der Waals surface area contributed by atoms with Crippen LogP contribution >= 0.6 is 0 Å². The van der Waals surface area contributed by atoms with Gasteiger partial charge in [0.15, 0.2) is 0 Å². The molecule has 30 heavy (non-hydrogen) atoms. The number of H-pyrrole nitrogens is 1. The highest BCUT2D eigenvalue weighted by Crippen LogP contribution is 2.21. The first-order valence-electron chi connectivity index (χ1n) is 10.6. The number of benzene rings is 1. The van der Waals surface area contributed by atoms with E-state index < -0.39 is 10.0 Å². The van der Waals surface area contributed by atoms with Gasteiger partial charge < -0.3 is 4.90 Å². The summed E-state index contributed by atoms with van der Waals surface area (Å²) in [5.41, 5.74) is 0.914. The maximum Gasteiger partial charge on any atom is 0.246 e. The number of aromatic nitrogens is 3. The SMILES string of the molecule is O=C(CCc1ccc(S(=O)(=O)N2CCCC2)cc1)Nc1nc(N2CCCCC2)n[nH]1. The minimum absolute atomic E-state index is 0.162. The lowest BCUT2D eigenvalue weighted by molar-refractivity contribution is -0.116. The van der Waals surface area contributed by atoms with Crippen LogP contribution in [0, 0.1) is 0 Å². The fourth-order valence-electron chi connectivity index (χ4n) is 3.90. The number of carbonyl (C=O) groups excluding carboxylic acids is 1. The van der Waals surface area contributed by atoms with Gasteiger partial charge in [-0.15, -0.1) is 5.10 Å². The zero-order valence-corrected chi connectivity index (χ0v) is 17.8. The van der Waals surface area contributed by atoms with Gasteiger partial charge >= 0.3 is 0 Å². The molecule has 0 unspecified atom stereocenters. The molecule has 1 aromatic carbocycles. The summed E-state index contributed by atoms with van der Waals surface area (Å²) in [6.07, 6.45) is 6.12. The third-order valence-electron chi connectivity index (χ3n) is 5.64. The summed E-state index contributed by atoms with van der Waals surface area (Å²) in [6, 6.07) is 6.81. The Bertz CT molecular complexity index is 961. The molecule has 0 atom stereocenters. The van der Waals surface area contributed by atoms with Crippen molar-refractivity contribution in [3.8, 4) is 0 Å². The molecule has 1 aromatic heterocycles. The lowest BCUT2D eigenvalue weighted by Crippen LogP contribution is -2.30. The third kappa shape index (κ3) is 4.81. The van der Waals surface area contributed by atoms with E-state index in [1.165, 1.54) is 10.7 Å². The van der Waals surface area contributed by atoms with Crippen LogP contribution < -0.4 is 10.2 Å². The van der Waals surface area contributed by atoms with Gasteiger partial charge in [-0.3, -0.25) is 10.1 Å². The maximum atomic E-state index is 12.6. The first-order valence-corrected chi connectivity index (χ1v) is 12.0. The number of nitrogens with one attached hydrogen (secondary N) is 2. The van der Waals surface area contributed by atoms with E-state index >= 15 is 0 Å². The van der Waals surface area contributed by atoms with Crippen LogP contribution in [0.2, 0.25) is 0 Å². The van der Waals surface area contributed by atoms with Gasteiger partial charge in [-0.25, -0.2) is 13.5 Å². The molecule has 162 valence electrons. The molecule has 2 fully saturated rings. The molecule has 0 bridgehead atoms. The molecule has 2 aliphatic heterocycles. The van der Waals surface area contributed by atoms with E-state index in [2.05, 4.69) is 25.4 Å². The summed E-state index contributed by atoms with van der Waals surface area (Å²) in [7, 11) is -3.40. The highest BCUT2D eigenvalue weighted by atomic mass is 32.2. The molecule has 2 N–H and O–H groups in total. The minimum Gasteiger partial charge on any atom is -0.340 e. The number of piperidine rings is 1. The summed E-state index contributed by atoms with van der Waals surface area (Å²) in [6.45, 7) is 3.06. The Balaban J connectivity index is 1.28. The summed E-state index contributed by atoms with van der Waals surface area (Å²) in [5, 5.41) is 9.71. The molecule has 9 nitrogen and oxygen atoms in total. The van der Waals surface area contributed by atoms with Crippen molar-refractivity contribution < 1.29 is 13.2 Å². The number of amides is 1. The summed E-state index contributed by atoms with van der Waals surface area (Å²) in [4.78, 5) is 19.0. The van der Waals surface area contributed by atoms with Gasteiger partial charge in [0.25, 0.3) is 0 Å². The topological polar surface area (TPSA) is 111 Å². The number of rotatable bonds is 7. The van der Waals surface area contributed by atoms with Crippen LogP contribution in [0.4, 0.5) is 11.9 Å². The molecular formula is C20H28N6O3S. The fraction of sp³-hybridized carbons (Fsp3) is 0.550. The maximum absolute atomic E-state index is 12.6. The number of hydrogen-bond acceptors (Lipinski definition) is 6. The Morgan fingerprint density at radius 1 is 1.00 bits per heavy atom. The van der Waals surface area contributed by atoms with E-state index in [0.717, 1.165) is 44.3 Å². The zero-order chi connectivity index (χ0) is 21.0. The van der Waals surface area contributed by atoms with Gasteiger partial charge in [0.1, 0.15) is 0 Å². The van der Waals surface area contributed by atoms with Crippen molar-refractivity contribution in [2.24, 2.45) is 0 Å². The summed E-state index contributed by atoms with van der Waals surface area (Å²) < 4.78 is 26.7. The number of aryl methyl sites for hydroxylation is 1. The predicted molar refractivity (Wildman–Crippen MR) is 114 cm³/mol. The van der Waals surface area contributed by atoms with Crippen molar-refractivity contribution in [2.75, 3.05) is 36.4 Å². The smallest absolute Gasteiger partial charge is 0.246 e. The molecular weight excluding hydrogens is 404 g/mol. The second-order valence-corrected chi connectivity index (χ2v) is 9.77. The number of sulfonamides is 1. The Kier molecular flexibility index (Phi) is 6.33. The molecule has 2 aliphatic rings. The van der Waals surface area contributed by atoms with Crippen LogP contribution in [0.15, 0.2) is 29.2 Å². The molecule has 0 aliphatic carbocycles. The second-order valence-electron chi connectivity index (χ2n) is 7.84. The lowest BCUT2D eigenvalue weighted by atomic mass is 10.1. The van der Waals surface area contributed by atoms with Gasteiger partial charge in [0.05, 0.1) is 4.90 Å². The zero-order valence-electron chi connectivity index (χ0n) is 17.0. The van der Waals surface area contributed by atoms with E-state index in [4.69, 9.17) is 0 Å². The number of carbonyl (C=O) groups is 1. The van der Waals surface area contributed by atoms with Gasteiger partial charge in [-0.1, -0.05) is 12.1 Å². The lowest BCUT2D eigenvalue weighted by Gasteiger charge is -2.24. The first kappa shape index (κ1) is 20.8. The van der Waals surface area contributed by atoms with Gasteiger partial charge in [-0.2, -0.15) is 9.29 Å². The standard InChI is InChI=1S/C20H28N6O3S/c27-18(21-19-22-20(24-23-19)25-12-2-1-3-13-25)11-8-16-6-9-17(10-7-16)30(28,29)26-14-4-5-15-26/h6-7,9-10H,1-5,8,11-15H2,(H2,21,22,23,24,27). The minimum atomic E-state index is -3.40. The summed E-state index contributed by atoms with van der Waals surface area (Å²) in [5.74, 6) is 0.817. The molecule has 0 radical (unpaired) electrons. The van der Waals surface area contributed by atoms with Crippen molar-refractivity contribution in [1.29, 1.82) is 0 Å². The Morgan fingerprint density at radius 3 is 2.37 bits per heavy atom. The van der Waals surface area contributed by atoms with Crippen LogP contribution in [0.1, 0.15) is 44.1 Å². The van der Waals surface area contributed by atoms with Crippen molar-refractivity contribution in [1.82, 2.24) is 19.5 Å². The molecule has 10 heteroatoms. The van der Waals surface area contributed by atoms with Crippen LogP contribution in [0.5, 0.6) is 0 Å². The van der Waals surface area contributed by atoms with Crippen molar-refractivity contribution in [3.63, 3.8) is 0 Å². The number of hydrogen-bond donors (Lipinski definition) is 2. The molecule has 1 amide bonds. The van der Waals surface area contributed by atoms with E-state index in [1.54, 1.807) is 24.3 Å². The van der Waals surface area contributed by atoms with Gasteiger partial charge in [0.2, 0.25) is 27.8 Å². The first-order chi connectivity index (χ1) is 14.5. The van der Waals surface area contributed by atoms with Crippen molar-refractivity contribution >= 4 is 27.8 Å². The highest BCUT2D eigenvalue weighted by Gasteiger charge is 2.26. The third-order valence-corrected chi connectivity index (χ3v) is 7.55.